The molecule has 1 N–H and O–H groups in total. The number of halogens is 4. The third kappa shape index (κ3) is 3.99. The predicted octanol–water partition coefficient (Wildman–Crippen LogP) is 6.52. The Bertz CT molecular complexity index is 1230. The SMILES string of the molecule is O=C1C(=O)N(c2ccc(Cl)c(Cl)c2)C(c2ccc(F)cc2)/C1=C(\O)c1ccc(Br)cc1. The molecule has 0 bridgehead atoms. The number of nitrogens with zero attached hydrogens (tertiary/aromatic N) is 1. The van der Waals surface area contributed by atoms with Crippen molar-refractivity contribution in [3.8, 4) is 0 Å². The highest BCUT2D eigenvalue weighted by Gasteiger charge is 2.47. The van der Waals surface area contributed by atoms with Crippen LogP contribution in [0.25, 0.3) is 5.76 Å². The molecule has 1 aliphatic heterocycles. The van der Waals surface area contributed by atoms with Gasteiger partial charge in [-0.3, -0.25) is 14.5 Å². The Hall–Kier alpha value is -2.67. The number of anilines is 1. The van der Waals surface area contributed by atoms with Crippen LogP contribution in [0.15, 0.2) is 76.8 Å². The summed E-state index contributed by atoms with van der Waals surface area (Å²) in [6.45, 7) is 0. The first kappa shape index (κ1) is 21.6. The maximum absolute atomic E-state index is 13.6. The molecule has 0 saturated carbocycles. The van der Waals surface area contributed by atoms with Crippen LogP contribution in [0.2, 0.25) is 10.0 Å². The van der Waals surface area contributed by atoms with Crippen molar-refractivity contribution in [3.05, 3.63) is 104 Å². The summed E-state index contributed by atoms with van der Waals surface area (Å²) in [5.41, 5.74) is 1.03. The molecule has 8 heteroatoms. The summed E-state index contributed by atoms with van der Waals surface area (Å²) in [4.78, 5) is 27.3. The third-order valence-corrected chi connectivity index (χ3v) is 6.20. The summed E-state index contributed by atoms with van der Waals surface area (Å²) in [6, 6.07) is 15.6. The van der Waals surface area contributed by atoms with E-state index < -0.39 is 23.5 Å². The van der Waals surface area contributed by atoms with Gasteiger partial charge in [-0.05, 0) is 48.0 Å². The molecule has 1 amide bonds. The smallest absolute Gasteiger partial charge is 0.300 e. The van der Waals surface area contributed by atoms with Crippen LogP contribution in [-0.2, 0) is 9.59 Å². The number of Topliss-reactive ketones (excluding diaryl/α,β-unsaturated/α-hetero) is 1. The molecule has 156 valence electrons. The normalized spacial score (nSPS) is 17.9. The van der Waals surface area contributed by atoms with Gasteiger partial charge < -0.3 is 5.11 Å². The summed E-state index contributed by atoms with van der Waals surface area (Å²) >= 11 is 15.4. The van der Waals surface area contributed by atoms with E-state index in [0.29, 0.717) is 16.8 Å². The standard InChI is InChI=1S/C23H13BrCl2FNO3/c24-14-5-1-13(2-6-14)21(29)19-20(12-3-7-15(27)8-4-12)28(23(31)22(19)30)16-9-10-17(25)18(26)11-16/h1-11,20,29H/b21-19+. The molecule has 1 saturated heterocycles. The highest BCUT2D eigenvalue weighted by molar-refractivity contribution is 9.10. The van der Waals surface area contributed by atoms with Crippen LogP contribution in [-0.4, -0.2) is 16.8 Å². The lowest BCUT2D eigenvalue weighted by atomic mass is 9.95. The van der Waals surface area contributed by atoms with E-state index in [4.69, 9.17) is 23.2 Å². The van der Waals surface area contributed by atoms with Gasteiger partial charge in [0.2, 0.25) is 0 Å². The Kier molecular flexibility index (Phi) is 5.88. The molecule has 4 nitrogen and oxygen atoms in total. The number of ketones is 1. The first-order chi connectivity index (χ1) is 14.8. The fraction of sp³-hybridized carbons (Fsp3) is 0.0435. The average Bonchev–Trinajstić information content (AvgIpc) is 3.01. The molecule has 0 aromatic heterocycles. The molecule has 0 aliphatic carbocycles. The zero-order valence-electron chi connectivity index (χ0n) is 15.7. The number of hydrogen-bond acceptors (Lipinski definition) is 3. The maximum atomic E-state index is 13.6. The van der Waals surface area contributed by atoms with Crippen molar-refractivity contribution in [2.75, 3.05) is 4.90 Å². The van der Waals surface area contributed by atoms with Crippen molar-refractivity contribution >= 4 is 62.3 Å². The van der Waals surface area contributed by atoms with E-state index >= 15 is 0 Å². The Labute approximate surface area is 195 Å². The molecule has 0 spiro atoms. The molecule has 4 rings (SSSR count). The minimum atomic E-state index is -0.985. The Morgan fingerprint density at radius 2 is 1.58 bits per heavy atom. The highest BCUT2D eigenvalue weighted by atomic mass is 79.9. The predicted molar refractivity (Wildman–Crippen MR) is 122 cm³/mol. The van der Waals surface area contributed by atoms with Gasteiger partial charge in [0.25, 0.3) is 11.7 Å². The van der Waals surface area contributed by atoms with E-state index in [2.05, 4.69) is 15.9 Å². The third-order valence-electron chi connectivity index (χ3n) is 4.93. The second-order valence-corrected chi connectivity index (χ2v) is 8.56. The van der Waals surface area contributed by atoms with E-state index in [1.165, 1.54) is 41.3 Å². The molecule has 0 radical (unpaired) electrons. The van der Waals surface area contributed by atoms with Gasteiger partial charge in [-0.25, -0.2) is 4.39 Å². The largest absolute Gasteiger partial charge is 0.507 e. The Morgan fingerprint density at radius 1 is 0.935 bits per heavy atom. The molecule has 1 unspecified atom stereocenters. The zero-order chi connectivity index (χ0) is 22.3. The molecule has 3 aromatic carbocycles. The molecular formula is C23H13BrCl2FNO3. The second kappa shape index (κ2) is 8.46. The van der Waals surface area contributed by atoms with Gasteiger partial charge in [0.15, 0.2) is 0 Å². The van der Waals surface area contributed by atoms with E-state index in [9.17, 15) is 19.1 Å². The van der Waals surface area contributed by atoms with Crippen molar-refractivity contribution in [3.63, 3.8) is 0 Å². The Morgan fingerprint density at radius 3 is 2.19 bits per heavy atom. The van der Waals surface area contributed by atoms with Crippen molar-refractivity contribution in [2.24, 2.45) is 0 Å². The monoisotopic (exact) mass is 519 g/mol. The first-order valence-corrected chi connectivity index (χ1v) is 10.6. The molecule has 1 atom stereocenters. The summed E-state index contributed by atoms with van der Waals surface area (Å²) in [5, 5.41) is 11.5. The second-order valence-electron chi connectivity index (χ2n) is 6.83. The van der Waals surface area contributed by atoms with Crippen molar-refractivity contribution in [1.82, 2.24) is 0 Å². The minimum absolute atomic E-state index is 0.106. The molecule has 1 aliphatic rings. The number of carbonyl (C=O) groups is 2. The number of carbonyl (C=O) groups excluding carboxylic acids is 2. The quantitative estimate of drug-likeness (QED) is 0.243. The van der Waals surface area contributed by atoms with E-state index in [0.717, 1.165) is 4.47 Å². The zero-order valence-corrected chi connectivity index (χ0v) is 18.7. The van der Waals surface area contributed by atoms with Gasteiger partial charge >= 0.3 is 0 Å². The molecule has 1 fully saturated rings. The fourth-order valence-electron chi connectivity index (χ4n) is 3.46. The van der Waals surface area contributed by atoms with Crippen LogP contribution >= 0.6 is 39.1 Å². The lowest BCUT2D eigenvalue weighted by molar-refractivity contribution is -0.132. The number of amides is 1. The lowest BCUT2D eigenvalue weighted by Gasteiger charge is -2.25. The van der Waals surface area contributed by atoms with Gasteiger partial charge in [0.05, 0.1) is 21.7 Å². The van der Waals surface area contributed by atoms with E-state index in [1.54, 1.807) is 30.3 Å². The van der Waals surface area contributed by atoms with E-state index in [1.807, 2.05) is 0 Å². The topological polar surface area (TPSA) is 57.6 Å². The minimum Gasteiger partial charge on any atom is -0.507 e. The van der Waals surface area contributed by atoms with Gasteiger partial charge in [0.1, 0.15) is 11.6 Å². The average molecular weight is 521 g/mol. The van der Waals surface area contributed by atoms with Crippen LogP contribution in [0, 0.1) is 5.82 Å². The number of aliphatic hydroxyl groups is 1. The van der Waals surface area contributed by atoms with Crippen LogP contribution in [0.4, 0.5) is 10.1 Å². The van der Waals surface area contributed by atoms with Gasteiger partial charge in [-0.1, -0.05) is 63.4 Å². The summed E-state index contributed by atoms with van der Waals surface area (Å²) < 4.78 is 14.3. The highest BCUT2D eigenvalue weighted by Crippen LogP contribution is 2.43. The lowest BCUT2D eigenvalue weighted by Crippen LogP contribution is -2.29. The molecule has 1 heterocycles. The summed E-state index contributed by atoms with van der Waals surface area (Å²) in [7, 11) is 0. The number of aliphatic hydroxyl groups excluding tert-OH is 1. The number of rotatable bonds is 3. The van der Waals surface area contributed by atoms with E-state index in [-0.39, 0.29) is 21.4 Å². The van der Waals surface area contributed by atoms with Gasteiger partial charge in [0, 0.05) is 15.7 Å². The fourth-order valence-corrected chi connectivity index (χ4v) is 4.01. The number of hydrogen-bond donors (Lipinski definition) is 1. The first-order valence-electron chi connectivity index (χ1n) is 9.05. The van der Waals surface area contributed by atoms with Crippen LogP contribution < -0.4 is 4.90 Å². The maximum Gasteiger partial charge on any atom is 0.300 e. The van der Waals surface area contributed by atoms with Crippen LogP contribution in [0.1, 0.15) is 17.2 Å². The Balaban J connectivity index is 1.95. The summed E-state index contributed by atoms with van der Waals surface area (Å²) in [5.74, 6) is -2.50. The van der Waals surface area contributed by atoms with Crippen molar-refractivity contribution in [2.45, 2.75) is 6.04 Å². The summed E-state index contributed by atoms with van der Waals surface area (Å²) in [6.07, 6.45) is 0. The van der Waals surface area contributed by atoms with Crippen molar-refractivity contribution in [1.29, 1.82) is 0 Å². The molecular weight excluding hydrogens is 508 g/mol. The molecule has 3 aromatic rings. The van der Waals surface area contributed by atoms with Gasteiger partial charge in [-0.2, -0.15) is 0 Å². The van der Waals surface area contributed by atoms with Crippen LogP contribution in [0.5, 0.6) is 0 Å². The molecule has 31 heavy (non-hydrogen) atoms. The van der Waals surface area contributed by atoms with Crippen molar-refractivity contribution < 1.29 is 19.1 Å². The van der Waals surface area contributed by atoms with Crippen LogP contribution in [0.3, 0.4) is 0 Å². The number of benzene rings is 3. The van der Waals surface area contributed by atoms with Gasteiger partial charge in [-0.15, -0.1) is 0 Å².